The van der Waals surface area contributed by atoms with Crippen molar-refractivity contribution in [2.45, 2.75) is 26.8 Å². The van der Waals surface area contributed by atoms with Gasteiger partial charge >= 0.3 is 0 Å². The summed E-state index contributed by atoms with van der Waals surface area (Å²) in [5.41, 5.74) is 5.72. The number of benzene rings is 2. The van der Waals surface area contributed by atoms with Crippen molar-refractivity contribution < 1.29 is 9.59 Å². The van der Waals surface area contributed by atoms with E-state index in [-0.39, 0.29) is 5.92 Å². The maximum Gasteiger partial charge on any atom is 0.262 e. The van der Waals surface area contributed by atoms with Gasteiger partial charge in [0.2, 0.25) is 0 Å². The van der Waals surface area contributed by atoms with E-state index in [0.29, 0.717) is 10.6 Å². The van der Waals surface area contributed by atoms with Gasteiger partial charge < -0.3 is 10.3 Å². The van der Waals surface area contributed by atoms with Crippen molar-refractivity contribution in [1.29, 1.82) is 0 Å². The Kier molecular flexibility index (Phi) is 6.34. The fraction of sp³-hybridized carbons (Fsp3) is 0.227. The highest BCUT2D eigenvalue weighted by Crippen LogP contribution is 2.20. The Morgan fingerprint density at radius 2 is 1.79 bits per heavy atom. The van der Waals surface area contributed by atoms with Gasteiger partial charge in [0, 0.05) is 22.2 Å². The number of halogens is 1. The molecule has 1 aromatic heterocycles. The van der Waals surface area contributed by atoms with Gasteiger partial charge in [-0.25, -0.2) is 5.43 Å². The number of aromatic amines is 1. The Morgan fingerprint density at radius 3 is 2.52 bits per heavy atom. The zero-order valence-electron chi connectivity index (χ0n) is 16.5. The van der Waals surface area contributed by atoms with Crippen molar-refractivity contribution in [3.63, 3.8) is 0 Å². The number of H-pyrrole nitrogens is 1. The molecule has 0 bridgehead atoms. The summed E-state index contributed by atoms with van der Waals surface area (Å²) in [4.78, 5) is 28.4. The van der Waals surface area contributed by atoms with Crippen LogP contribution in [0.15, 0.2) is 53.6 Å². The zero-order valence-corrected chi connectivity index (χ0v) is 17.2. The SMILES string of the molecule is Cc1[nH]c2ccccc2c1/C=N/NC(=O)C(NC(=O)c1ccccc1Cl)C(C)C. The summed E-state index contributed by atoms with van der Waals surface area (Å²) in [7, 11) is 0. The molecule has 29 heavy (non-hydrogen) atoms. The van der Waals surface area contributed by atoms with Crippen molar-refractivity contribution in [2.24, 2.45) is 11.0 Å². The lowest BCUT2D eigenvalue weighted by atomic mass is 10.0. The van der Waals surface area contributed by atoms with Crippen molar-refractivity contribution in [3.05, 3.63) is 70.4 Å². The third kappa shape index (κ3) is 4.66. The first-order valence-electron chi connectivity index (χ1n) is 9.34. The summed E-state index contributed by atoms with van der Waals surface area (Å²) in [6, 6.07) is 13.8. The number of fused-ring (bicyclic) bond motifs is 1. The summed E-state index contributed by atoms with van der Waals surface area (Å²) >= 11 is 6.08. The first-order valence-corrected chi connectivity index (χ1v) is 9.72. The maximum atomic E-state index is 12.6. The van der Waals surface area contributed by atoms with E-state index in [1.165, 1.54) is 0 Å². The Hall–Kier alpha value is -3.12. The molecule has 2 aromatic carbocycles. The zero-order chi connectivity index (χ0) is 21.0. The minimum atomic E-state index is -0.750. The molecule has 150 valence electrons. The minimum Gasteiger partial charge on any atom is -0.358 e. The molecule has 6 nitrogen and oxygen atoms in total. The van der Waals surface area contributed by atoms with E-state index in [2.05, 4.69) is 20.8 Å². The molecule has 1 atom stereocenters. The lowest BCUT2D eigenvalue weighted by molar-refractivity contribution is -0.123. The van der Waals surface area contributed by atoms with Crippen LogP contribution in [0.25, 0.3) is 10.9 Å². The molecule has 3 aromatic rings. The van der Waals surface area contributed by atoms with E-state index < -0.39 is 17.9 Å². The van der Waals surface area contributed by atoms with Crippen LogP contribution in [0, 0.1) is 12.8 Å². The molecule has 0 aliphatic heterocycles. The average Bonchev–Trinajstić information content (AvgIpc) is 3.01. The van der Waals surface area contributed by atoms with Crippen molar-refractivity contribution in [2.75, 3.05) is 0 Å². The molecule has 2 amide bonds. The van der Waals surface area contributed by atoms with E-state index in [4.69, 9.17) is 11.6 Å². The molecule has 0 radical (unpaired) electrons. The predicted molar refractivity (Wildman–Crippen MR) is 116 cm³/mol. The van der Waals surface area contributed by atoms with Crippen molar-refractivity contribution >= 4 is 40.5 Å². The second kappa shape index (κ2) is 8.92. The molecular formula is C22H23ClN4O2. The number of hydrogen-bond acceptors (Lipinski definition) is 3. The van der Waals surface area contributed by atoms with E-state index >= 15 is 0 Å². The Morgan fingerprint density at radius 1 is 1.10 bits per heavy atom. The number of aryl methyl sites for hydroxylation is 1. The highest BCUT2D eigenvalue weighted by molar-refractivity contribution is 6.33. The molecular weight excluding hydrogens is 388 g/mol. The van der Waals surface area contributed by atoms with Gasteiger partial charge in [0.1, 0.15) is 6.04 Å². The summed E-state index contributed by atoms with van der Waals surface area (Å²) in [5.74, 6) is -0.929. The van der Waals surface area contributed by atoms with Gasteiger partial charge in [0.25, 0.3) is 11.8 Å². The average molecular weight is 411 g/mol. The quantitative estimate of drug-likeness (QED) is 0.423. The fourth-order valence-corrected chi connectivity index (χ4v) is 3.32. The summed E-state index contributed by atoms with van der Waals surface area (Å²) in [5, 5.41) is 8.20. The van der Waals surface area contributed by atoms with Gasteiger partial charge in [-0.1, -0.05) is 55.8 Å². The number of hydrazone groups is 1. The predicted octanol–water partition coefficient (Wildman–Crippen LogP) is 4.03. The van der Waals surface area contributed by atoms with E-state index in [1.54, 1.807) is 30.5 Å². The summed E-state index contributed by atoms with van der Waals surface area (Å²) in [6.45, 7) is 5.65. The van der Waals surface area contributed by atoms with Crippen LogP contribution in [0.2, 0.25) is 5.02 Å². The summed E-state index contributed by atoms with van der Waals surface area (Å²) in [6.07, 6.45) is 1.61. The van der Waals surface area contributed by atoms with Gasteiger partial charge in [-0.2, -0.15) is 5.10 Å². The highest BCUT2D eigenvalue weighted by atomic mass is 35.5. The largest absolute Gasteiger partial charge is 0.358 e. The third-order valence-corrected chi connectivity index (χ3v) is 5.00. The second-order valence-electron chi connectivity index (χ2n) is 7.12. The van der Waals surface area contributed by atoms with Crippen LogP contribution in [-0.4, -0.2) is 29.1 Å². The monoisotopic (exact) mass is 410 g/mol. The van der Waals surface area contributed by atoms with Crippen LogP contribution >= 0.6 is 11.6 Å². The number of carbonyl (C=O) groups is 2. The van der Waals surface area contributed by atoms with Crippen molar-refractivity contribution in [1.82, 2.24) is 15.7 Å². The topological polar surface area (TPSA) is 86.3 Å². The molecule has 0 aliphatic carbocycles. The standard InChI is InChI=1S/C22H23ClN4O2/c1-13(2)20(26-21(28)16-9-4-6-10-18(16)23)22(29)27-24-12-17-14(3)25-19-11-7-5-8-15(17)19/h4-13,20,25H,1-3H3,(H,26,28)(H,27,29)/b24-12+. The maximum absolute atomic E-state index is 12.6. The summed E-state index contributed by atoms with van der Waals surface area (Å²) < 4.78 is 0. The molecule has 0 spiro atoms. The lowest BCUT2D eigenvalue weighted by Crippen LogP contribution is -2.48. The number of carbonyl (C=O) groups excluding carboxylic acids is 2. The molecule has 1 heterocycles. The number of nitrogens with zero attached hydrogens (tertiary/aromatic N) is 1. The molecule has 3 N–H and O–H groups in total. The van der Waals surface area contributed by atoms with Crippen molar-refractivity contribution in [3.8, 4) is 0 Å². The highest BCUT2D eigenvalue weighted by Gasteiger charge is 2.25. The van der Waals surface area contributed by atoms with Crippen LogP contribution < -0.4 is 10.7 Å². The number of aromatic nitrogens is 1. The van der Waals surface area contributed by atoms with E-state index in [1.807, 2.05) is 45.0 Å². The number of nitrogens with one attached hydrogen (secondary N) is 3. The smallest absolute Gasteiger partial charge is 0.262 e. The molecule has 0 saturated heterocycles. The van der Waals surface area contributed by atoms with Crippen LogP contribution in [0.3, 0.4) is 0 Å². The van der Waals surface area contributed by atoms with E-state index in [9.17, 15) is 9.59 Å². The van der Waals surface area contributed by atoms with Crippen LogP contribution in [0.5, 0.6) is 0 Å². The second-order valence-corrected chi connectivity index (χ2v) is 7.53. The normalized spacial score (nSPS) is 12.4. The van der Waals surface area contributed by atoms with Crippen LogP contribution in [0.4, 0.5) is 0 Å². The molecule has 0 aliphatic rings. The molecule has 1 unspecified atom stereocenters. The fourth-order valence-electron chi connectivity index (χ4n) is 3.09. The number of amides is 2. The number of hydrogen-bond donors (Lipinski definition) is 3. The third-order valence-electron chi connectivity index (χ3n) is 4.67. The number of para-hydroxylation sites is 1. The molecule has 0 fully saturated rings. The van der Waals surface area contributed by atoms with Crippen LogP contribution in [-0.2, 0) is 4.79 Å². The number of rotatable bonds is 6. The first kappa shape index (κ1) is 20.6. The molecule has 3 rings (SSSR count). The van der Waals surface area contributed by atoms with Gasteiger partial charge in [0.15, 0.2) is 0 Å². The van der Waals surface area contributed by atoms with Crippen LogP contribution in [0.1, 0.15) is 35.5 Å². The Bertz CT molecular complexity index is 1070. The van der Waals surface area contributed by atoms with Gasteiger partial charge in [-0.3, -0.25) is 9.59 Å². The van der Waals surface area contributed by atoms with Gasteiger partial charge in [-0.15, -0.1) is 0 Å². The molecule has 0 saturated carbocycles. The van der Waals surface area contributed by atoms with Gasteiger partial charge in [-0.05, 0) is 31.0 Å². The Balaban J connectivity index is 1.71. The van der Waals surface area contributed by atoms with Gasteiger partial charge in [0.05, 0.1) is 16.8 Å². The molecule has 7 heteroatoms. The lowest BCUT2D eigenvalue weighted by Gasteiger charge is -2.20. The minimum absolute atomic E-state index is 0.133. The van der Waals surface area contributed by atoms with E-state index in [0.717, 1.165) is 22.2 Å². The first-order chi connectivity index (χ1) is 13.9. The Labute approximate surface area is 174 Å².